The van der Waals surface area contributed by atoms with Crippen molar-refractivity contribution in [3.05, 3.63) is 23.0 Å². The van der Waals surface area contributed by atoms with Crippen LogP contribution in [0.4, 0.5) is 0 Å². The zero-order valence-electron chi connectivity index (χ0n) is 14.5. The van der Waals surface area contributed by atoms with Crippen LogP contribution in [-0.2, 0) is 7.05 Å². The van der Waals surface area contributed by atoms with Crippen molar-refractivity contribution in [2.24, 2.45) is 7.05 Å². The van der Waals surface area contributed by atoms with E-state index in [4.69, 9.17) is 0 Å². The predicted molar refractivity (Wildman–Crippen MR) is 100 cm³/mol. The fraction of sp³-hybridized carbons (Fsp3) is 0.562. The Balaban J connectivity index is 0.00000144. The normalized spacial score (nSPS) is 17.3. The third kappa shape index (κ3) is 3.66. The molecule has 1 amide bonds. The Bertz CT molecular complexity index is 731. The zero-order chi connectivity index (χ0) is 15.9. The van der Waals surface area contributed by atoms with Gasteiger partial charge in [-0.3, -0.25) is 9.48 Å². The van der Waals surface area contributed by atoms with Gasteiger partial charge in [-0.25, -0.2) is 4.98 Å². The Morgan fingerprint density at radius 2 is 2.00 bits per heavy atom. The van der Waals surface area contributed by atoms with E-state index in [1.165, 1.54) is 0 Å². The van der Waals surface area contributed by atoms with E-state index in [0.717, 1.165) is 48.4 Å². The van der Waals surface area contributed by atoms with Gasteiger partial charge in [0.15, 0.2) is 5.65 Å². The maximum atomic E-state index is 12.9. The summed E-state index contributed by atoms with van der Waals surface area (Å²) in [5, 5.41) is 8.62. The Morgan fingerprint density at radius 3 is 2.67 bits per heavy atom. The largest absolute Gasteiger partial charge is 0.337 e. The molecule has 0 aliphatic carbocycles. The SMILES string of the molecule is CNC1CCCN(C(=O)c2cc3c(C)nn(C)c3nc2C)C1.Cl.Cl. The second-order valence-electron chi connectivity index (χ2n) is 6.08. The molecule has 0 radical (unpaired) electrons. The molecule has 0 saturated carbocycles. The first kappa shape index (κ1) is 20.7. The number of nitrogens with one attached hydrogen (secondary N) is 1. The number of piperidine rings is 1. The van der Waals surface area contributed by atoms with Gasteiger partial charge in [0.1, 0.15) is 0 Å². The summed E-state index contributed by atoms with van der Waals surface area (Å²) in [5.41, 5.74) is 3.21. The molecule has 1 fully saturated rings. The maximum absolute atomic E-state index is 12.9. The van der Waals surface area contributed by atoms with Crippen LogP contribution < -0.4 is 5.32 Å². The Labute approximate surface area is 154 Å². The van der Waals surface area contributed by atoms with E-state index in [-0.39, 0.29) is 30.7 Å². The number of hydrogen-bond acceptors (Lipinski definition) is 4. The van der Waals surface area contributed by atoms with Crippen LogP contribution in [0.3, 0.4) is 0 Å². The van der Waals surface area contributed by atoms with E-state index in [1.807, 2.05) is 38.9 Å². The van der Waals surface area contributed by atoms with E-state index >= 15 is 0 Å². The Kier molecular flexibility index (Phi) is 7.01. The molecule has 0 bridgehead atoms. The number of aryl methyl sites for hydroxylation is 3. The first-order chi connectivity index (χ1) is 10.5. The highest BCUT2D eigenvalue weighted by molar-refractivity contribution is 5.98. The van der Waals surface area contributed by atoms with Gasteiger partial charge < -0.3 is 10.2 Å². The predicted octanol–water partition coefficient (Wildman–Crippen LogP) is 2.25. The molecule has 0 aromatic carbocycles. The van der Waals surface area contributed by atoms with Crippen LogP contribution in [-0.4, -0.2) is 51.8 Å². The third-order valence-corrected chi connectivity index (χ3v) is 4.54. The van der Waals surface area contributed by atoms with Crippen molar-refractivity contribution in [3.63, 3.8) is 0 Å². The molecular formula is C16H25Cl2N5O. The number of carbonyl (C=O) groups excluding carboxylic acids is 1. The fourth-order valence-corrected chi connectivity index (χ4v) is 3.22. The Morgan fingerprint density at radius 1 is 1.29 bits per heavy atom. The van der Waals surface area contributed by atoms with Gasteiger partial charge in [-0.05, 0) is 39.8 Å². The van der Waals surface area contributed by atoms with E-state index in [1.54, 1.807) is 4.68 Å². The van der Waals surface area contributed by atoms with Crippen LogP contribution in [0.15, 0.2) is 6.07 Å². The molecule has 8 heteroatoms. The van der Waals surface area contributed by atoms with Crippen LogP contribution in [0, 0.1) is 13.8 Å². The number of nitrogens with zero attached hydrogens (tertiary/aromatic N) is 4. The standard InChI is InChI=1S/C16H23N5O.2ClH/c1-10-14(8-13-11(2)19-20(4)15(13)18-10)16(22)21-7-5-6-12(9-21)17-3;;/h8,12,17H,5-7,9H2,1-4H3;2*1H. The van der Waals surface area contributed by atoms with Gasteiger partial charge in [0, 0.05) is 31.6 Å². The van der Waals surface area contributed by atoms with Gasteiger partial charge in [0.05, 0.1) is 17.0 Å². The highest BCUT2D eigenvalue weighted by Gasteiger charge is 2.25. The zero-order valence-corrected chi connectivity index (χ0v) is 16.1. The number of likely N-dealkylation sites (tertiary alicyclic amines) is 1. The van der Waals surface area contributed by atoms with E-state index in [9.17, 15) is 4.79 Å². The lowest BCUT2D eigenvalue weighted by Gasteiger charge is -2.32. The number of halogens is 2. The molecule has 3 heterocycles. The summed E-state index contributed by atoms with van der Waals surface area (Å²) in [6.07, 6.45) is 2.16. The van der Waals surface area contributed by atoms with Crippen molar-refractivity contribution in [1.82, 2.24) is 25.0 Å². The number of rotatable bonds is 2. The molecule has 1 saturated heterocycles. The number of hydrogen-bond donors (Lipinski definition) is 1. The molecule has 1 aliphatic heterocycles. The highest BCUT2D eigenvalue weighted by Crippen LogP contribution is 2.22. The quantitative estimate of drug-likeness (QED) is 0.876. The van der Waals surface area contributed by atoms with Crippen molar-refractivity contribution in [2.45, 2.75) is 32.7 Å². The van der Waals surface area contributed by atoms with Crippen molar-refractivity contribution >= 4 is 41.8 Å². The lowest BCUT2D eigenvalue weighted by atomic mass is 10.0. The summed E-state index contributed by atoms with van der Waals surface area (Å²) in [6, 6.07) is 2.33. The third-order valence-electron chi connectivity index (χ3n) is 4.54. The lowest BCUT2D eigenvalue weighted by Crippen LogP contribution is -2.47. The van der Waals surface area contributed by atoms with Crippen molar-refractivity contribution in [2.75, 3.05) is 20.1 Å². The number of aromatic nitrogens is 3. The summed E-state index contributed by atoms with van der Waals surface area (Å²) in [7, 11) is 3.84. The summed E-state index contributed by atoms with van der Waals surface area (Å²) < 4.78 is 1.77. The summed E-state index contributed by atoms with van der Waals surface area (Å²) >= 11 is 0. The summed E-state index contributed by atoms with van der Waals surface area (Å²) in [4.78, 5) is 19.4. The monoisotopic (exact) mass is 373 g/mol. The molecule has 3 rings (SSSR count). The molecule has 1 N–H and O–H groups in total. The number of fused-ring (bicyclic) bond motifs is 1. The second-order valence-corrected chi connectivity index (χ2v) is 6.08. The molecule has 0 spiro atoms. The van der Waals surface area contributed by atoms with E-state index < -0.39 is 0 Å². The molecule has 2 aromatic rings. The Hall–Kier alpha value is -1.37. The molecule has 24 heavy (non-hydrogen) atoms. The molecule has 134 valence electrons. The van der Waals surface area contributed by atoms with Crippen molar-refractivity contribution < 1.29 is 4.79 Å². The lowest BCUT2D eigenvalue weighted by molar-refractivity contribution is 0.0697. The number of pyridine rings is 1. The average Bonchev–Trinajstić information content (AvgIpc) is 2.80. The van der Waals surface area contributed by atoms with E-state index in [0.29, 0.717) is 11.6 Å². The molecular weight excluding hydrogens is 349 g/mol. The molecule has 1 aliphatic rings. The first-order valence-electron chi connectivity index (χ1n) is 7.78. The van der Waals surface area contributed by atoms with Crippen LogP contribution in [0.2, 0.25) is 0 Å². The van der Waals surface area contributed by atoms with Crippen LogP contribution in [0.5, 0.6) is 0 Å². The van der Waals surface area contributed by atoms with Gasteiger partial charge >= 0.3 is 0 Å². The number of likely N-dealkylation sites (N-methyl/N-ethyl adjacent to an activating group) is 1. The fourth-order valence-electron chi connectivity index (χ4n) is 3.22. The van der Waals surface area contributed by atoms with Crippen LogP contribution >= 0.6 is 24.8 Å². The molecule has 1 unspecified atom stereocenters. The van der Waals surface area contributed by atoms with Gasteiger partial charge in [0.25, 0.3) is 5.91 Å². The average molecular weight is 374 g/mol. The maximum Gasteiger partial charge on any atom is 0.255 e. The van der Waals surface area contributed by atoms with Crippen LogP contribution in [0.25, 0.3) is 11.0 Å². The highest BCUT2D eigenvalue weighted by atomic mass is 35.5. The minimum Gasteiger partial charge on any atom is -0.337 e. The smallest absolute Gasteiger partial charge is 0.255 e. The second kappa shape index (κ2) is 8.14. The van der Waals surface area contributed by atoms with Crippen molar-refractivity contribution in [1.29, 1.82) is 0 Å². The number of carbonyl (C=O) groups is 1. The molecule has 2 aromatic heterocycles. The molecule has 6 nitrogen and oxygen atoms in total. The first-order valence-corrected chi connectivity index (χ1v) is 7.78. The van der Waals surface area contributed by atoms with Crippen LogP contribution in [0.1, 0.15) is 34.6 Å². The minimum atomic E-state index is 0. The topological polar surface area (TPSA) is 63.1 Å². The number of amides is 1. The van der Waals surface area contributed by atoms with Crippen molar-refractivity contribution in [3.8, 4) is 0 Å². The summed E-state index contributed by atoms with van der Waals surface area (Å²) in [5.74, 6) is 0.0788. The van der Waals surface area contributed by atoms with E-state index in [2.05, 4.69) is 15.4 Å². The molecule has 1 atom stereocenters. The minimum absolute atomic E-state index is 0. The summed E-state index contributed by atoms with van der Waals surface area (Å²) in [6.45, 7) is 5.43. The van der Waals surface area contributed by atoms with Gasteiger partial charge in [-0.2, -0.15) is 5.10 Å². The van der Waals surface area contributed by atoms with Gasteiger partial charge in [0.2, 0.25) is 0 Å². The van der Waals surface area contributed by atoms with Gasteiger partial charge in [-0.15, -0.1) is 24.8 Å². The van der Waals surface area contributed by atoms with Gasteiger partial charge in [-0.1, -0.05) is 0 Å².